The first kappa shape index (κ1) is 19.6. The number of hydrogen-bond donors (Lipinski definition) is 0. The molecule has 42 heavy (non-hydrogen) atoms. The van der Waals surface area contributed by atoms with Gasteiger partial charge in [0, 0.05) is 0 Å². The summed E-state index contributed by atoms with van der Waals surface area (Å²) in [6.07, 6.45) is 0. The van der Waals surface area contributed by atoms with Crippen molar-refractivity contribution in [2.24, 2.45) is 0 Å². The van der Waals surface area contributed by atoms with Gasteiger partial charge in [-0.1, -0.05) is 133 Å². The Morgan fingerprint density at radius 3 is 1.50 bits per heavy atom. The van der Waals surface area contributed by atoms with Crippen molar-refractivity contribution >= 4 is 64.6 Å². The fourth-order valence-electron chi connectivity index (χ4n) is 6.66. The highest BCUT2D eigenvalue weighted by Crippen LogP contribution is 2.41. The van der Waals surface area contributed by atoms with Crippen LogP contribution in [-0.4, -0.2) is 0 Å². The summed E-state index contributed by atoms with van der Waals surface area (Å²) in [5.74, 6) is 0. The smallest absolute Gasteiger partial charge is 0.0616 e. The van der Waals surface area contributed by atoms with E-state index < -0.39 is 0 Å². The molecule has 9 rings (SSSR count). The molecule has 0 radical (unpaired) electrons. The summed E-state index contributed by atoms with van der Waals surface area (Å²) >= 11 is 0. The largest absolute Gasteiger partial charge is 0.0629 e. The van der Waals surface area contributed by atoms with Gasteiger partial charge in [-0.15, -0.1) is 0 Å². The molecule has 0 saturated heterocycles. The van der Waals surface area contributed by atoms with Gasteiger partial charge in [0.1, 0.15) is 0 Å². The third-order valence-electron chi connectivity index (χ3n) is 8.64. The minimum atomic E-state index is -0.0385. The maximum absolute atomic E-state index is 9.39. The van der Waals surface area contributed by atoms with Crippen LogP contribution in [-0.2, 0) is 0 Å². The van der Waals surface area contributed by atoms with Gasteiger partial charge in [-0.25, -0.2) is 0 Å². The molecule has 9 aromatic rings. The highest BCUT2D eigenvalue weighted by Gasteiger charge is 2.13. The topological polar surface area (TPSA) is 0 Å². The molecule has 0 nitrogen and oxygen atoms in total. The van der Waals surface area contributed by atoms with Gasteiger partial charge in [0.05, 0.1) is 5.48 Å². The fraction of sp³-hybridized carbons (Fsp3) is 0. The Hall–Kier alpha value is -5.46. The van der Waals surface area contributed by atoms with Crippen molar-refractivity contribution in [2.75, 3.05) is 0 Å². The predicted octanol–water partition coefficient (Wildman–Crippen LogP) is 11.9. The second-order valence-electron chi connectivity index (χ2n) is 11.0. The van der Waals surface area contributed by atoms with E-state index in [1.165, 1.54) is 0 Å². The van der Waals surface area contributed by atoms with E-state index >= 15 is 0 Å². The monoisotopic (exact) mass is 534 g/mol. The SMILES string of the molecule is [2H]c1c([2H])c(-c2cc3ccc4ccccc4c3c3ccccc23)c([2H])c([2H])c1-c1cc2ccccc2c2cc3ccccc3cc12. The molecule has 0 spiro atoms. The molecule has 0 unspecified atom stereocenters. The first-order valence-corrected chi connectivity index (χ1v) is 14.3. The average molecular weight is 535 g/mol. The third-order valence-corrected chi connectivity index (χ3v) is 8.64. The van der Waals surface area contributed by atoms with Gasteiger partial charge in [-0.05, 0) is 111 Å². The van der Waals surface area contributed by atoms with Crippen molar-refractivity contribution in [2.45, 2.75) is 0 Å². The molecule has 0 heterocycles. The van der Waals surface area contributed by atoms with Crippen LogP contribution in [0, 0.1) is 0 Å². The molecular weight excluding hydrogens is 504 g/mol. The molecule has 0 amide bonds. The van der Waals surface area contributed by atoms with Gasteiger partial charge in [0.15, 0.2) is 0 Å². The normalized spacial score (nSPS) is 13.1. The summed E-state index contributed by atoms with van der Waals surface area (Å²) in [5, 5.41) is 12.6. The fourth-order valence-corrected chi connectivity index (χ4v) is 6.66. The van der Waals surface area contributed by atoms with Crippen molar-refractivity contribution in [3.8, 4) is 22.3 Å². The molecule has 0 aliphatic carbocycles. The summed E-state index contributed by atoms with van der Waals surface area (Å²) in [6.45, 7) is 0. The quantitative estimate of drug-likeness (QED) is 0.153. The van der Waals surface area contributed by atoms with E-state index in [-0.39, 0.29) is 24.2 Å². The van der Waals surface area contributed by atoms with Crippen LogP contribution in [0.3, 0.4) is 0 Å². The van der Waals surface area contributed by atoms with E-state index in [2.05, 4.69) is 60.7 Å². The number of rotatable bonds is 2. The molecule has 0 fully saturated rings. The van der Waals surface area contributed by atoms with Crippen molar-refractivity contribution in [1.29, 1.82) is 0 Å². The molecular formula is C42H26. The highest BCUT2D eigenvalue weighted by molar-refractivity contribution is 6.23. The van der Waals surface area contributed by atoms with E-state index in [4.69, 9.17) is 0 Å². The molecule has 9 aromatic carbocycles. The molecule has 0 atom stereocenters. The molecule has 0 bridgehead atoms. The average Bonchev–Trinajstić information content (AvgIpc) is 3.10. The van der Waals surface area contributed by atoms with Crippen molar-refractivity contribution in [1.82, 2.24) is 0 Å². The van der Waals surface area contributed by atoms with Gasteiger partial charge < -0.3 is 0 Å². The number of fused-ring (bicyclic) bond motifs is 9. The molecule has 194 valence electrons. The summed E-state index contributed by atoms with van der Waals surface area (Å²) < 4.78 is 37.6. The second-order valence-corrected chi connectivity index (χ2v) is 11.0. The lowest BCUT2D eigenvalue weighted by Crippen LogP contribution is -1.88. The molecule has 0 saturated carbocycles. The Labute approximate surface area is 249 Å². The van der Waals surface area contributed by atoms with Crippen molar-refractivity contribution in [3.63, 3.8) is 0 Å². The zero-order valence-corrected chi connectivity index (χ0v) is 22.7. The Bertz CT molecular complexity index is 2710. The maximum atomic E-state index is 9.39. The van der Waals surface area contributed by atoms with Crippen molar-refractivity contribution in [3.05, 3.63) is 158 Å². The van der Waals surface area contributed by atoms with Crippen LogP contribution in [0.15, 0.2) is 158 Å². The zero-order valence-electron chi connectivity index (χ0n) is 26.7. The second kappa shape index (κ2) is 9.03. The van der Waals surface area contributed by atoms with Gasteiger partial charge in [0.2, 0.25) is 0 Å². The Kier molecular flexibility index (Phi) is 4.21. The molecule has 0 aliphatic rings. The van der Waals surface area contributed by atoms with Crippen LogP contribution in [0.5, 0.6) is 0 Å². The van der Waals surface area contributed by atoms with Crippen LogP contribution >= 0.6 is 0 Å². The summed E-state index contributed by atoms with van der Waals surface area (Å²) in [6, 6.07) is 45.2. The summed E-state index contributed by atoms with van der Waals surface area (Å²) in [7, 11) is 0. The summed E-state index contributed by atoms with van der Waals surface area (Å²) in [4.78, 5) is 0. The number of benzene rings is 9. The lowest BCUT2D eigenvalue weighted by molar-refractivity contribution is 1.64. The van der Waals surface area contributed by atoms with Gasteiger partial charge in [-0.3, -0.25) is 0 Å². The third kappa shape index (κ3) is 3.49. The van der Waals surface area contributed by atoms with Gasteiger partial charge >= 0.3 is 0 Å². The number of hydrogen-bond acceptors (Lipinski definition) is 0. The Morgan fingerprint density at radius 2 is 0.786 bits per heavy atom. The lowest BCUT2D eigenvalue weighted by atomic mass is 9.89. The van der Waals surface area contributed by atoms with Crippen LogP contribution in [0.2, 0.25) is 0 Å². The van der Waals surface area contributed by atoms with Gasteiger partial charge in [-0.2, -0.15) is 0 Å². The first-order chi connectivity index (χ1) is 22.5. The van der Waals surface area contributed by atoms with Gasteiger partial charge in [0.25, 0.3) is 0 Å². The van der Waals surface area contributed by atoms with Crippen LogP contribution in [0.4, 0.5) is 0 Å². The molecule has 0 aliphatic heterocycles. The van der Waals surface area contributed by atoms with E-state index in [0.29, 0.717) is 22.3 Å². The summed E-state index contributed by atoms with van der Waals surface area (Å²) in [5.41, 5.74) is 2.05. The Morgan fingerprint density at radius 1 is 0.310 bits per heavy atom. The lowest BCUT2D eigenvalue weighted by Gasteiger charge is -2.15. The van der Waals surface area contributed by atoms with Crippen LogP contribution in [0.25, 0.3) is 86.9 Å². The Balaban J connectivity index is 1.37. The molecule has 0 heteroatoms. The minimum absolute atomic E-state index is 0.0385. The predicted molar refractivity (Wildman–Crippen MR) is 182 cm³/mol. The van der Waals surface area contributed by atoms with E-state index in [1.54, 1.807) is 0 Å². The van der Waals surface area contributed by atoms with E-state index in [0.717, 1.165) is 64.6 Å². The standard InChI is InChI=1S/C42H26/c1-2-11-31-24-41-39(25-32-12-4-5-13-34(32)40(41)23-30(31)10-1)29-19-17-28(18-20-29)38-26-33-22-21-27-9-3-6-14-35(27)42(33)37-16-8-7-15-36(37)38/h1-26H/i17D,18D,19D,20D. The van der Waals surface area contributed by atoms with Crippen LogP contribution < -0.4 is 0 Å². The van der Waals surface area contributed by atoms with Crippen LogP contribution in [0.1, 0.15) is 5.48 Å². The maximum Gasteiger partial charge on any atom is 0.0629 e. The molecule has 0 N–H and O–H groups in total. The highest BCUT2D eigenvalue weighted by atomic mass is 14.2. The zero-order chi connectivity index (χ0) is 31.1. The van der Waals surface area contributed by atoms with E-state index in [9.17, 15) is 5.48 Å². The first-order valence-electron chi connectivity index (χ1n) is 16.3. The minimum Gasteiger partial charge on any atom is -0.0616 e. The van der Waals surface area contributed by atoms with Crippen molar-refractivity contribution < 1.29 is 5.48 Å². The molecule has 0 aromatic heterocycles. The van der Waals surface area contributed by atoms with E-state index in [1.807, 2.05) is 72.8 Å².